The van der Waals surface area contributed by atoms with Crippen LogP contribution in [0.3, 0.4) is 0 Å². The number of hydrogen-bond acceptors (Lipinski definition) is 3. The highest BCUT2D eigenvalue weighted by atomic mass is 19.1. The van der Waals surface area contributed by atoms with Crippen LogP contribution in [0.5, 0.6) is 0 Å². The lowest BCUT2D eigenvalue weighted by Gasteiger charge is -2.28. The molecule has 1 atom stereocenters. The van der Waals surface area contributed by atoms with Gasteiger partial charge in [0.2, 0.25) is 0 Å². The van der Waals surface area contributed by atoms with Crippen molar-refractivity contribution in [1.82, 2.24) is 10.6 Å². The van der Waals surface area contributed by atoms with E-state index in [9.17, 15) is 9.18 Å². The summed E-state index contributed by atoms with van der Waals surface area (Å²) in [4.78, 5) is 11.8. The van der Waals surface area contributed by atoms with Crippen molar-refractivity contribution in [2.75, 3.05) is 32.1 Å². The third-order valence-electron chi connectivity index (χ3n) is 3.42. The van der Waals surface area contributed by atoms with E-state index >= 15 is 0 Å². The highest BCUT2D eigenvalue weighted by Crippen LogP contribution is 2.18. The molecule has 1 heterocycles. The van der Waals surface area contributed by atoms with Crippen molar-refractivity contribution in [3.63, 3.8) is 0 Å². The van der Waals surface area contributed by atoms with E-state index in [1.165, 1.54) is 12.1 Å². The summed E-state index contributed by atoms with van der Waals surface area (Å²) in [5.41, 5.74) is 0.233. The Morgan fingerprint density at radius 2 is 2.40 bits per heavy atom. The first kappa shape index (κ1) is 14.7. The molecular formula is C14H20FN3O2. The lowest BCUT2D eigenvalue weighted by Crippen LogP contribution is -2.53. The van der Waals surface area contributed by atoms with Gasteiger partial charge in [0, 0.05) is 19.3 Å². The first-order valence-electron chi connectivity index (χ1n) is 6.68. The fourth-order valence-electron chi connectivity index (χ4n) is 2.46. The molecule has 2 amide bonds. The molecule has 1 aromatic rings. The Bertz CT molecular complexity index is 461. The van der Waals surface area contributed by atoms with Crippen LogP contribution in [-0.4, -0.2) is 38.4 Å². The molecule has 3 N–H and O–H groups in total. The number of ether oxygens (including phenoxy) is 1. The van der Waals surface area contributed by atoms with Crippen LogP contribution in [-0.2, 0) is 4.74 Å². The van der Waals surface area contributed by atoms with E-state index in [2.05, 4.69) is 16.0 Å². The Labute approximate surface area is 117 Å². The number of carbonyl (C=O) groups is 1. The molecule has 110 valence electrons. The molecular weight excluding hydrogens is 261 g/mol. The Hall–Kier alpha value is -1.66. The van der Waals surface area contributed by atoms with Gasteiger partial charge in [0.05, 0.1) is 12.1 Å². The molecule has 1 fully saturated rings. The highest BCUT2D eigenvalue weighted by molar-refractivity contribution is 5.89. The van der Waals surface area contributed by atoms with E-state index < -0.39 is 0 Å². The zero-order valence-electron chi connectivity index (χ0n) is 11.5. The van der Waals surface area contributed by atoms with Crippen molar-refractivity contribution >= 4 is 11.7 Å². The number of benzene rings is 1. The van der Waals surface area contributed by atoms with Crippen molar-refractivity contribution < 1.29 is 13.9 Å². The lowest BCUT2D eigenvalue weighted by atomic mass is 9.99. The molecule has 1 aliphatic heterocycles. The molecule has 0 spiro atoms. The van der Waals surface area contributed by atoms with E-state index in [-0.39, 0.29) is 17.4 Å². The SMILES string of the molecule is COCC1(CNC(=O)Nc2cccc(F)c2)CCCN1. The Morgan fingerprint density at radius 3 is 3.05 bits per heavy atom. The smallest absolute Gasteiger partial charge is 0.319 e. The molecule has 0 saturated carbocycles. The maximum atomic E-state index is 13.0. The number of nitrogens with one attached hydrogen (secondary N) is 3. The van der Waals surface area contributed by atoms with E-state index in [1.54, 1.807) is 19.2 Å². The summed E-state index contributed by atoms with van der Waals surface area (Å²) in [6, 6.07) is 5.45. The van der Waals surface area contributed by atoms with Crippen LogP contribution in [0.4, 0.5) is 14.9 Å². The van der Waals surface area contributed by atoms with Gasteiger partial charge in [0.15, 0.2) is 0 Å². The molecule has 20 heavy (non-hydrogen) atoms. The molecule has 0 radical (unpaired) electrons. The van der Waals surface area contributed by atoms with Crippen LogP contribution in [0.1, 0.15) is 12.8 Å². The van der Waals surface area contributed by atoms with Gasteiger partial charge in [-0.3, -0.25) is 0 Å². The van der Waals surface area contributed by atoms with Crippen LogP contribution in [0, 0.1) is 5.82 Å². The molecule has 0 bridgehead atoms. The van der Waals surface area contributed by atoms with Gasteiger partial charge in [-0.25, -0.2) is 9.18 Å². The second-order valence-corrected chi connectivity index (χ2v) is 5.06. The predicted molar refractivity (Wildman–Crippen MR) is 75.3 cm³/mol. The maximum Gasteiger partial charge on any atom is 0.319 e. The van der Waals surface area contributed by atoms with Crippen LogP contribution in [0.15, 0.2) is 24.3 Å². The third kappa shape index (κ3) is 3.91. The van der Waals surface area contributed by atoms with Crippen LogP contribution < -0.4 is 16.0 Å². The number of urea groups is 1. The van der Waals surface area contributed by atoms with Crippen molar-refractivity contribution in [2.45, 2.75) is 18.4 Å². The number of halogens is 1. The van der Waals surface area contributed by atoms with Crippen molar-refractivity contribution in [2.24, 2.45) is 0 Å². The Balaban J connectivity index is 1.85. The lowest BCUT2D eigenvalue weighted by molar-refractivity contribution is 0.120. The average Bonchev–Trinajstić information content (AvgIpc) is 2.86. The number of methoxy groups -OCH3 is 1. The minimum Gasteiger partial charge on any atom is -0.383 e. The summed E-state index contributed by atoms with van der Waals surface area (Å²) in [5.74, 6) is -0.379. The van der Waals surface area contributed by atoms with Gasteiger partial charge in [-0.1, -0.05) is 6.07 Å². The van der Waals surface area contributed by atoms with Crippen molar-refractivity contribution in [3.8, 4) is 0 Å². The van der Waals surface area contributed by atoms with Gasteiger partial charge in [-0.05, 0) is 37.6 Å². The predicted octanol–water partition coefficient (Wildman–Crippen LogP) is 1.72. The van der Waals surface area contributed by atoms with Crippen molar-refractivity contribution in [1.29, 1.82) is 0 Å². The second kappa shape index (κ2) is 6.67. The van der Waals surface area contributed by atoms with Gasteiger partial charge in [-0.15, -0.1) is 0 Å². The molecule has 1 saturated heterocycles. The van der Waals surface area contributed by atoms with Crippen LogP contribution in [0.25, 0.3) is 0 Å². The summed E-state index contributed by atoms with van der Waals surface area (Å²) in [7, 11) is 1.65. The minimum atomic E-state index is -0.379. The Kier molecular flexibility index (Phi) is 4.92. The van der Waals surface area contributed by atoms with Crippen molar-refractivity contribution in [3.05, 3.63) is 30.1 Å². The molecule has 0 aliphatic carbocycles. The van der Waals surface area contributed by atoms with Gasteiger partial charge in [0.25, 0.3) is 0 Å². The van der Waals surface area contributed by atoms with Gasteiger partial charge in [-0.2, -0.15) is 0 Å². The maximum absolute atomic E-state index is 13.0. The molecule has 1 aliphatic rings. The van der Waals surface area contributed by atoms with Gasteiger partial charge < -0.3 is 20.7 Å². The number of anilines is 1. The van der Waals surface area contributed by atoms with E-state index in [1.807, 2.05) is 0 Å². The Morgan fingerprint density at radius 1 is 1.55 bits per heavy atom. The highest BCUT2D eigenvalue weighted by Gasteiger charge is 2.33. The van der Waals surface area contributed by atoms with Gasteiger partial charge in [0.1, 0.15) is 5.82 Å². The normalized spacial score (nSPS) is 21.7. The third-order valence-corrected chi connectivity index (χ3v) is 3.42. The monoisotopic (exact) mass is 281 g/mol. The average molecular weight is 281 g/mol. The topological polar surface area (TPSA) is 62.4 Å². The summed E-state index contributed by atoms with van der Waals surface area (Å²) >= 11 is 0. The molecule has 5 nitrogen and oxygen atoms in total. The number of hydrogen-bond donors (Lipinski definition) is 3. The minimum absolute atomic E-state index is 0.200. The first-order chi connectivity index (χ1) is 9.63. The quantitative estimate of drug-likeness (QED) is 0.770. The second-order valence-electron chi connectivity index (χ2n) is 5.06. The summed E-state index contributed by atoms with van der Waals surface area (Å²) < 4.78 is 18.2. The molecule has 0 aromatic heterocycles. The molecule has 6 heteroatoms. The standard InChI is InChI=1S/C14H20FN3O2/c1-20-10-14(6-3-7-17-14)9-16-13(19)18-12-5-2-4-11(15)8-12/h2,4-5,8,17H,3,6-7,9-10H2,1H3,(H2,16,18,19). The summed E-state index contributed by atoms with van der Waals surface area (Å²) in [6.45, 7) is 1.95. The molecule has 2 rings (SSSR count). The van der Waals surface area contributed by atoms with E-state index in [4.69, 9.17) is 4.74 Å². The fraction of sp³-hybridized carbons (Fsp3) is 0.500. The first-order valence-corrected chi connectivity index (χ1v) is 6.68. The largest absolute Gasteiger partial charge is 0.383 e. The van der Waals surface area contributed by atoms with Crippen LogP contribution in [0.2, 0.25) is 0 Å². The molecule has 1 aromatic carbocycles. The van der Waals surface area contributed by atoms with E-state index in [0.717, 1.165) is 19.4 Å². The van der Waals surface area contributed by atoms with E-state index in [0.29, 0.717) is 18.8 Å². The zero-order chi connectivity index (χ0) is 14.4. The number of rotatable bonds is 5. The number of carbonyl (C=O) groups excluding carboxylic acids is 1. The summed E-state index contributed by atoms with van der Waals surface area (Å²) in [5, 5.41) is 8.78. The summed E-state index contributed by atoms with van der Waals surface area (Å²) in [6.07, 6.45) is 2.03. The number of amides is 2. The molecule has 1 unspecified atom stereocenters. The van der Waals surface area contributed by atoms with Crippen LogP contribution >= 0.6 is 0 Å². The van der Waals surface area contributed by atoms with Gasteiger partial charge >= 0.3 is 6.03 Å². The fourth-order valence-corrected chi connectivity index (χ4v) is 2.46. The zero-order valence-corrected chi connectivity index (χ0v) is 11.5.